The Balaban J connectivity index is 1.65. The van der Waals surface area contributed by atoms with Gasteiger partial charge in [0.05, 0.1) is 6.42 Å². The highest BCUT2D eigenvalue weighted by atomic mass is 32.1. The van der Waals surface area contributed by atoms with Crippen molar-refractivity contribution in [3.63, 3.8) is 0 Å². The first-order valence-electron chi connectivity index (χ1n) is 7.57. The van der Waals surface area contributed by atoms with Crippen LogP contribution in [0.4, 0.5) is 0 Å². The molecule has 1 aromatic rings. The number of hydrogen-bond donors (Lipinski definition) is 0. The van der Waals surface area contributed by atoms with Crippen molar-refractivity contribution in [1.82, 2.24) is 4.90 Å². The zero-order chi connectivity index (χ0) is 13.2. The van der Waals surface area contributed by atoms with Crippen molar-refractivity contribution in [3.05, 3.63) is 22.4 Å². The summed E-state index contributed by atoms with van der Waals surface area (Å²) < 4.78 is 0. The predicted molar refractivity (Wildman–Crippen MR) is 79.3 cm³/mol. The molecule has 0 bridgehead atoms. The quantitative estimate of drug-likeness (QED) is 0.818. The van der Waals surface area contributed by atoms with Gasteiger partial charge in [-0.1, -0.05) is 13.0 Å². The fourth-order valence-electron chi connectivity index (χ4n) is 3.23. The second-order valence-corrected chi connectivity index (χ2v) is 7.23. The lowest BCUT2D eigenvalue weighted by molar-refractivity contribution is -0.134. The van der Waals surface area contributed by atoms with E-state index in [1.807, 2.05) is 6.07 Å². The topological polar surface area (TPSA) is 20.3 Å². The normalized spacial score (nSPS) is 27.2. The second kappa shape index (κ2) is 5.66. The fourth-order valence-corrected chi connectivity index (χ4v) is 3.93. The van der Waals surface area contributed by atoms with Gasteiger partial charge in [-0.3, -0.25) is 4.79 Å². The molecule has 19 heavy (non-hydrogen) atoms. The maximum atomic E-state index is 12.6. The molecule has 0 unspecified atom stereocenters. The average molecular weight is 277 g/mol. The average Bonchev–Trinajstić information content (AvgIpc) is 3.09. The molecule has 1 aromatic heterocycles. The minimum absolute atomic E-state index is 0.365. The van der Waals surface area contributed by atoms with Crippen molar-refractivity contribution in [2.75, 3.05) is 0 Å². The molecule has 2 saturated carbocycles. The lowest BCUT2D eigenvalue weighted by Crippen LogP contribution is -2.44. The van der Waals surface area contributed by atoms with Gasteiger partial charge >= 0.3 is 0 Å². The Bertz CT molecular complexity index is 416. The van der Waals surface area contributed by atoms with E-state index in [4.69, 9.17) is 0 Å². The summed E-state index contributed by atoms with van der Waals surface area (Å²) in [6, 6.07) is 5.20. The largest absolute Gasteiger partial charge is 0.336 e. The highest BCUT2D eigenvalue weighted by Gasteiger charge is 2.38. The van der Waals surface area contributed by atoms with Crippen molar-refractivity contribution in [2.45, 2.75) is 64.0 Å². The monoisotopic (exact) mass is 277 g/mol. The van der Waals surface area contributed by atoms with Crippen molar-refractivity contribution in [1.29, 1.82) is 0 Å². The van der Waals surface area contributed by atoms with Gasteiger partial charge in [0, 0.05) is 17.0 Å². The Morgan fingerprint density at radius 2 is 1.84 bits per heavy atom. The minimum atomic E-state index is 0.365. The summed E-state index contributed by atoms with van der Waals surface area (Å²) in [6.07, 6.45) is 8.08. The summed E-state index contributed by atoms with van der Waals surface area (Å²) in [7, 11) is 0. The Morgan fingerprint density at radius 1 is 1.21 bits per heavy atom. The molecular formula is C16H23NOS. The number of carbonyl (C=O) groups is 1. The first-order valence-corrected chi connectivity index (χ1v) is 8.45. The first kappa shape index (κ1) is 13.2. The van der Waals surface area contributed by atoms with Crippen LogP contribution in [0.15, 0.2) is 17.5 Å². The first-order chi connectivity index (χ1) is 9.24. The van der Waals surface area contributed by atoms with Crippen LogP contribution < -0.4 is 0 Å². The molecule has 2 fully saturated rings. The number of hydrogen-bond acceptors (Lipinski definition) is 2. The van der Waals surface area contributed by atoms with E-state index in [2.05, 4.69) is 23.3 Å². The molecule has 1 heterocycles. The molecule has 0 atom stereocenters. The second-order valence-electron chi connectivity index (χ2n) is 6.20. The van der Waals surface area contributed by atoms with Gasteiger partial charge in [0.15, 0.2) is 0 Å². The van der Waals surface area contributed by atoms with E-state index in [0.717, 1.165) is 5.92 Å². The van der Waals surface area contributed by atoms with Crippen molar-refractivity contribution in [2.24, 2.45) is 5.92 Å². The molecular weight excluding hydrogens is 254 g/mol. The molecule has 2 aliphatic rings. The molecule has 3 rings (SSSR count). The lowest BCUT2D eigenvalue weighted by Gasteiger charge is -2.36. The van der Waals surface area contributed by atoms with E-state index in [1.165, 1.54) is 43.4 Å². The van der Waals surface area contributed by atoms with Gasteiger partial charge in [-0.15, -0.1) is 11.3 Å². The molecule has 0 spiro atoms. The Labute approximate surface area is 119 Å². The van der Waals surface area contributed by atoms with Gasteiger partial charge in [0.25, 0.3) is 0 Å². The summed E-state index contributed by atoms with van der Waals surface area (Å²) in [5.74, 6) is 1.22. The molecule has 2 aliphatic carbocycles. The van der Waals surface area contributed by atoms with E-state index in [9.17, 15) is 4.79 Å². The molecule has 0 radical (unpaired) electrons. The smallest absolute Gasteiger partial charge is 0.228 e. The van der Waals surface area contributed by atoms with Crippen LogP contribution in [-0.4, -0.2) is 22.9 Å². The molecule has 0 saturated heterocycles. The van der Waals surface area contributed by atoms with Gasteiger partial charge in [-0.05, 0) is 55.9 Å². The van der Waals surface area contributed by atoms with Crippen LogP contribution in [0.1, 0.15) is 50.3 Å². The SMILES string of the molecule is CC1CCC(N(C(=O)Cc2cccs2)C2CC2)CC1. The van der Waals surface area contributed by atoms with Crippen LogP contribution >= 0.6 is 11.3 Å². The van der Waals surface area contributed by atoms with E-state index < -0.39 is 0 Å². The number of thiophene rings is 1. The highest BCUT2D eigenvalue weighted by molar-refractivity contribution is 7.10. The minimum Gasteiger partial charge on any atom is -0.336 e. The highest BCUT2D eigenvalue weighted by Crippen LogP contribution is 2.35. The molecule has 0 N–H and O–H groups in total. The molecule has 3 heteroatoms. The third-order valence-corrected chi connectivity index (χ3v) is 5.39. The van der Waals surface area contributed by atoms with Gasteiger partial charge < -0.3 is 4.90 Å². The van der Waals surface area contributed by atoms with Gasteiger partial charge in [0.1, 0.15) is 0 Å². The molecule has 2 nitrogen and oxygen atoms in total. The number of nitrogens with zero attached hydrogens (tertiary/aromatic N) is 1. The van der Waals surface area contributed by atoms with Gasteiger partial charge in [-0.25, -0.2) is 0 Å². The molecule has 1 amide bonds. The molecule has 0 aliphatic heterocycles. The number of rotatable bonds is 4. The third kappa shape index (κ3) is 3.19. The standard InChI is InChI=1S/C16H23NOS/c1-12-4-6-13(7-5-12)17(14-8-9-14)16(18)11-15-3-2-10-19-15/h2-3,10,12-14H,4-9,11H2,1H3. The lowest BCUT2D eigenvalue weighted by atomic mass is 9.86. The van der Waals surface area contributed by atoms with Gasteiger partial charge in [-0.2, -0.15) is 0 Å². The molecule has 0 aromatic carbocycles. The predicted octanol–water partition coefficient (Wildman–Crippen LogP) is 3.86. The van der Waals surface area contributed by atoms with Crippen LogP contribution in [-0.2, 0) is 11.2 Å². The zero-order valence-electron chi connectivity index (χ0n) is 11.7. The van der Waals surface area contributed by atoms with Crippen molar-refractivity contribution < 1.29 is 4.79 Å². The van der Waals surface area contributed by atoms with E-state index in [-0.39, 0.29) is 0 Å². The maximum Gasteiger partial charge on any atom is 0.228 e. The summed E-state index contributed by atoms with van der Waals surface area (Å²) in [5, 5.41) is 2.06. The summed E-state index contributed by atoms with van der Waals surface area (Å²) >= 11 is 1.70. The Kier molecular flexibility index (Phi) is 3.92. The van der Waals surface area contributed by atoms with Crippen LogP contribution in [0.3, 0.4) is 0 Å². The van der Waals surface area contributed by atoms with Crippen LogP contribution in [0.5, 0.6) is 0 Å². The number of amides is 1. The third-order valence-electron chi connectivity index (χ3n) is 4.51. The Hall–Kier alpha value is -0.830. The summed E-state index contributed by atoms with van der Waals surface area (Å²) in [6.45, 7) is 2.34. The van der Waals surface area contributed by atoms with Crippen LogP contribution in [0.25, 0.3) is 0 Å². The van der Waals surface area contributed by atoms with E-state index >= 15 is 0 Å². The maximum absolute atomic E-state index is 12.6. The van der Waals surface area contributed by atoms with E-state index in [1.54, 1.807) is 11.3 Å². The number of carbonyl (C=O) groups excluding carboxylic acids is 1. The van der Waals surface area contributed by atoms with Crippen LogP contribution in [0.2, 0.25) is 0 Å². The zero-order valence-corrected chi connectivity index (χ0v) is 12.5. The molecule has 104 valence electrons. The Morgan fingerprint density at radius 3 is 2.37 bits per heavy atom. The summed E-state index contributed by atoms with van der Waals surface area (Å²) in [5.41, 5.74) is 0. The van der Waals surface area contributed by atoms with Crippen molar-refractivity contribution >= 4 is 17.2 Å². The van der Waals surface area contributed by atoms with E-state index in [0.29, 0.717) is 24.4 Å². The van der Waals surface area contributed by atoms with Crippen molar-refractivity contribution in [3.8, 4) is 0 Å². The van der Waals surface area contributed by atoms with Crippen LogP contribution in [0, 0.1) is 5.92 Å². The van der Waals surface area contributed by atoms with Gasteiger partial charge in [0.2, 0.25) is 5.91 Å². The summed E-state index contributed by atoms with van der Waals surface area (Å²) in [4.78, 5) is 16.1. The fraction of sp³-hybridized carbons (Fsp3) is 0.688.